The number of fused-ring (bicyclic) bond motifs is 4. The largest absolute Gasteiger partial charge is 0.269 e. The maximum atomic E-state index is 12.4. The van der Waals surface area contributed by atoms with Crippen molar-refractivity contribution < 1.29 is 0 Å². The van der Waals surface area contributed by atoms with E-state index in [9.17, 15) is 4.79 Å². The Morgan fingerprint density at radius 2 is 1.86 bits per heavy atom. The van der Waals surface area contributed by atoms with Crippen LogP contribution >= 0.6 is 11.8 Å². The summed E-state index contributed by atoms with van der Waals surface area (Å²) in [5.41, 5.74) is 3.92. The summed E-state index contributed by atoms with van der Waals surface area (Å²) in [6.07, 6.45) is 1.74. The molecule has 8 heteroatoms. The second-order valence-corrected chi connectivity index (χ2v) is 7.51. The van der Waals surface area contributed by atoms with Crippen LogP contribution in [0.15, 0.2) is 58.6 Å². The van der Waals surface area contributed by atoms with Crippen molar-refractivity contribution in [3.8, 4) is 0 Å². The summed E-state index contributed by atoms with van der Waals surface area (Å²) < 4.78 is 3.33. The maximum absolute atomic E-state index is 12.4. The zero-order valence-corrected chi connectivity index (χ0v) is 16.1. The van der Waals surface area contributed by atoms with Crippen LogP contribution in [0, 0.1) is 13.8 Å². The molecule has 0 aliphatic rings. The highest BCUT2D eigenvalue weighted by molar-refractivity contribution is 7.98. The molecule has 0 saturated carbocycles. The van der Waals surface area contributed by atoms with Gasteiger partial charge in [0.05, 0.1) is 11.2 Å². The second-order valence-electron chi connectivity index (χ2n) is 6.57. The fraction of sp³-hybridized carbons (Fsp3) is 0.150. The number of rotatable bonds is 3. The molecule has 0 bridgehead atoms. The minimum atomic E-state index is -0.0856. The molecular weight excluding hydrogens is 372 g/mol. The normalized spacial score (nSPS) is 11.6. The third-order valence-corrected chi connectivity index (χ3v) is 5.51. The van der Waals surface area contributed by atoms with Crippen LogP contribution in [0.1, 0.15) is 17.1 Å². The first-order valence-electron chi connectivity index (χ1n) is 8.83. The van der Waals surface area contributed by atoms with Gasteiger partial charge in [-0.25, -0.2) is 15.0 Å². The molecule has 0 amide bonds. The Kier molecular flexibility index (Phi) is 3.87. The van der Waals surface area contributed by atoms with Crippen molar-refractivity contribution in [1.29, 1.82) is 0 Å². The monoisotopic (exact) mass is 388 g/mol. The van der Waals surface area contributed by atoms with Gasteiger partial charge in [0.1, 0.15) is 11.5 Å². The number of benzene rings is 1. The molecule has 5 rings (SSSR count). The summed E-state index contributed by atoms with van der Waals surface area (Å²) in [4.78, 5) is 26.4. The Balaban J connectivity index is 1.58. The lowest BCUT2D eigenvalue weighted by Gasteiger charge is -2.07. The number of pyridine rings is 1. The van der Waals surface area contributed by atoms with E-state index in [0.717, 1.165) is 27.3 Å². The first-order chi connectivity index (χ1) is 13.6. The molecule has 0 saturated heterocycles. The van der Waals surface area contributed by atoms with Gasteiger partial charge in [0, 0.05) is 23.4 Å². The van der Waals surface area contributed by atoms with Crippen LogP contribution in [-0.4, -0.2) is 29.0 Å². The Morgan fingerprint density at radius 3 is 2.75 bits per heavy atom. The predicted molar refractivity (Wildman–Crippen MR) is 109 cm³/mol. The lowest BCUT2D eigenvalue weighted by Crippen LogP contribution is -2.15. The van der Waals surface area contributed by atoms with E-state index in [1.165, 1.54) is 11.8 Å². The molecular formula is C20H16N6OS. The fourth-order valence-corrected chi connectivity index (χ4v) is 4.09. The summed E-state index contributed by atoms with van der Waals surface area (Å²) in [6.45, 7) is 3.82. The number of nitrogens with zero attached hydrogens (tertiary/aromatic N) is 6. The van der Waals surface area contributed by atoms with Crippen LogP contribution in [0.3, 0.4) is 0 Å². The molecule has 0 spiro atoms. The molecule has 5 aromatic rings. The minimum Gasteiger partial charge on any atom is -0.269 e. The number of aryl methyl sites for hydroxylation is 2. The molecule has 0 fully saturated rings. The van der Waals surface area contributed by atoms with Crippen molar-refractivity contribution in [2.24, 2.45) is 0 Å². The number of hydrogen-bond acceptors (Lipinski definition) is 6. The van der Waals surface area contributed by atoms with Gasteiger partial charge in [-0.15, -0.1) is 5.10 Å². The molecule has 138 valence electrons. The Bertz CT molecular complexity index is 1420. The van der Waals surface area contributed by atoms with E-state index in [1.807, 2.05) is 50.2 Å². The zero-order chi connectivity index (χ0) is 19.3. The predicted octanol–water partition coefficient (Wildman–Crippen LogP) is 3.19. The zero-order valence-electron chi connectivity index (χ0n) is 15.3. The molecule has 7 nitrogen and oxygen atoms in total. The average Bonchev–Trinajstić information content (AvgIpc) is 3.09. The molecule has 0 N–H and O–H groups in total. The first kappa shape index (κ1) is 16.9. The van der Waals surface area contributed by atoms with Gasteiger partial charge in [-0.05, 0) is 37.6 Å². The minimum absolute atomic E-state index is 0.0856. The van der Waals surface area contributed by atoms with Crippen molar-refractivity contribution in [2.75, 3.05) is 0 Å². The maximum Gasteiger partial charge on any atom is 0.258 e. The van der Waals surface area contributed by atoms with Crippen LogP contribution in [-0.2, 0) is 5.75 Å². The van der Waals surface area contributed by atoms with Gasteiger partial charge in [0.15, 0.2) is 10.8 Å². The quantitative estimate of drug-likeness (QED) is 0.349. The third-order valence-electron chi connectivity index (χ3n) is 4.54. The van der Waals surface area contributed by atoms with Crippen molar-refractivity contribution in [3.05, 3.63) is 76.1 Å². The van der Waals surface area contributed by atoms with E-state index in [-0.39, 0.29) is 5.56 Å². The van der Waals surface area contributed by atoms with Crippen molar-refractivity contribution in [1.82, 2.24) is 29.0 Å². The van der Waals surface area contributed by atoms with Gasteiger partial charge in [-0.1, -0.05) is 30.0 Å². The van der Waals surface area contributed by atoms with Gasteiger partial charge in [-0.2, -0.15) is 4.52 Å². The number of hydrogen-bond donors (Lipinski definition) is 0. The van der Waals surface area contributed by atoms with E-state index < -0.39 is 0 Å². The molecule has 0 radical (unpaired) electrons. The third kappa shape index (κ3) is 2.73. The van der Waals surface area contributed by atoms with Crippen LogP contribution in [0.25, 0.3) is 22.2 Å². The van der Waals surface area contributed by atoms with Gasteiger partial charge in [0.2, 0.25) is 0 Å². The molecule has 28 heavy (non-hydrogen) atoms. The fourth-order valence-electron chi connectivity index (χ4n) is 3.25. The molecule has 0 unspecified atom stereocenters. The molecule has 4 heterocycles. The van der Waals surface area contributed by atoms with Crippen molar-refractivity contribution in [2.45, 2.75) is 24.8 Å². The van der Waals surface area contributed by atoms with E-state index >= 15 is 0 Å². The SMILES string of the molecule is Cc1nc2c3ccccc3nc(SCc3cc(=O)n4cccc(C)c4n3)n2n1. The summed E-state index contributed by atoms with van der Waals surface area (Å²) in [7, 11) is 0. The van der Waals surface area contributed by atoms with Crippen molar-refractivity contribution >= 4 is 34.0 Å². The van der Waals surface area contributed by atoms with Gasteiger partial charge in [-0.3, -0.25) is 9.20 Å². The van der Waals surface area contributed by atoms with E-state index in [0.29, 0.717) is 22.9 Å². The average molecular weight is 388 g/mol. The molecule has 0 aliphatic heterocycles. The molecule has 0 atom stereocenters. The first-order valence-corrected chi connectivity index (χ1v) is 9.81. The van der Waals surface area contributed by atoms with Gasteiger partial charge >= 0.3 is 0 Å². The van der Waals surface area contributed by atoms with Crippen molar-refractivity contribution in [3.63, 3.8) is 0 Å². The second kappa shape index (κ2) is 6.42. The highest BCUT2D eigenvalue weighted by Crippen LogP contribution is 2.25. The number of thioether (sulfide) groups is 1. The van der Waals surface area contributed by atoms with Crippen LogP contribution in [0.5, 0.6) is 0 Å². The Labute approximate surface area is 164 Å². The highest BCUT2D eigenvalue weighted by Gasteiger charge is 2.13. The molecule has 4 aromatic heterocycles. The highest BCUT2D eigenvalue weighted by atomic mass is 32.2. The Hall–Kier alpha value is -3.26. The number of para-hydroxylation sites is 1. The summed E-state index contributed by atoms with van der Waals surface area (Å²) in [5, 5.41) is 6.18. The van der Waals surface area contributed by atoms with Gasteiger partial charge in [0.25, 0.3) is 5.56 Å². The standard InChI is InChI=1S/C20H16N6OS/c1-12-6-5-9-25-17(27)10-14(22-18(12)25)11-28-20-23-16-8-4-3-7-15(16)19-21-13(2)24-26(19)20/h3-10H,11H2,1-2H3. The summed E-state index contributed by atoms with van der Waals surface area (Å²) >= 11 is 1.49. The van der Waals surface area contributed by atoms with E-state index in [4.69, 9.17) is 4.98 Å². The van der Waals surface area contributed by atoms with Gasteiger partial charge < -0.3 is 0 Å². The smallest absolute Gasteiger partial charge is 0.258 e. The number of aromatic nitrogens is 6. The van der Waals surface area contributed by atoms with E-state index in [2.05, 4.69) is 15.1 Å². The van der Waals surface area contributed by atoms with Crippen LogP contribution < -0.4 is 5.56 Å². The summed E-state index contributed by atoms with van der Waals surface area (Å²) in [6, 6.07) is 13.3. The summed E-state index contributed by atoms with van der Waals surface area (Å²) in [5.74, 6) is 1.21. The van der Waals surface area contributed by atoms with E-state index in [1.54, 1.807) is 21.2 Å². The molecule has 1 aromatic carbocycles. The topological polar surface area (TPSA) is 77.5 Å². The molecule has 0 aliphatic carbocycles. The van der Waals surface area contributed by atoms with Crippen LogP contribution in [0.4, 0.5) is 0 Å². The Morgan fingerprint density at radius 1 is 1.00 bits per heavy atom. The lowest BCUT2D eigenvalue weighted by molar-refractivity contribution is 0.796. The lowest BCUT2D eigenvalue weighted by atomic mass is 10.2. The van der Waals surface area contributed by atoms with Crippen LogP contribution in [0.2, 0.25) is 0 Å².